The molecule has 146 valence electrons. The fourth-order valence-electron chi connectivity index (χ4n) is 3.29. The number of nitrogens with two attached hydrogens (primary N) is 2. The molecule has 0 radical (unpaired) electrons. The number of rotatable bonds is 5. The van der Waals surface area contributed by atoms with Crippen LogP contribution in [0.4, 0.5) is 11.9 Å². The van der Waals surface area contributed by atoms with Crippen molar-refractivity contribution < 1.29 is 9.53 Å². The van der Waals surface area contributed by atoms with E-state index in [0.29, 0.717) is 11.2 Å². The van der Waals surface area contributed by atoms with Crippen molar-refractivity contribution in [3.8, 4) is 0 Å². The van der Waals surface area contributed by atoms with Gasteiger partial charge in [0.1, 0.15) is 10.7 Å². The Morgan fingerprint density at radius 1 is 1.11 bits per heavy atom. The zero-order valence-corrected chi connectivity index (χ0v) is 15.8. The SMILES string of the molecule is Nc1nc(N)nc(COC(=O)CCc2nc3sc4c(c3c(=O)[nH]2)CCCC4)n1. The van der Waals surface area contributed by atoms with Gasteiger partial charge in [-0.15, -0.1) is 11.3 Å². The number of esters is 1. The molecule has 3 aromatic rings. The molecule has 0 aliphatic heterocycles. The highest BCUT2D eigenvalue weighted by Crippen LogP contribution is 2.33. The average Bonchev–Trinajstić information content (AvgIpc) is 3.03. The Hall–Kier alpha value is -3.08. The van der Waals surface area contributed by atoms with E-state index in [1.165, 1.54) is 4.88 Å². The summed E-state index contributed by atoms with van der Waals surface area (Å²) >= 11 is 1.58. The lowest BCUT2D eigenvalue weighted by molar-refractivity contribution is -0.145. The van der Waals surface area contributed by atoms with Crippen LogP contribution in [0.5, 0.6) is 0 Å². The molecule has 1 aliphatic rings. The molecule has 0 aromatic carbocycles. The van der Waals surface area contributed by atoms with Crippen molar-refractivity contribution in [2.45, 2.75) is 45.1 Å². The number of anilines is 2. The Balaban J connectivity index is 1.41. The number of aromatic nitrogens is 5. The van der Waals surface area contributed by atoms with Crippen molar-refractivity contribution in [1.82, 2.24) is 24.9 Å². The van der Waals surface area contributed by atoms with E-state index in [2.05, 4.69) is 24.9 Å². The first-order chi connectivity index (χ1) is 13.5. The molecule has 3 heterocycles. The van der Waals surface area contributed by atoms with E-state index < -0.39 is 5.97 Å². The Kier molecular flexibility index (Phi) is 4.90. The number of nitrogens with one attached hydrogen (secondary N) is 1. The smallest absolute Gasteiger partial charge is 0.306 e. The van der Waals surface area contributed by atoms with E-state index in [9.17, 15) is 9.59 Å². The summed E-state index contributed by atoms with van der Waals surface area (Å²) in [5.74, 6) is 0.113. The number of H-pyrrole nitrogens is 1. The van der Waals surface area contributed by atoms with Crippen LogP contribution in [0.3, 0.4) is 0 Å². The maximum absolute atomic E-state index is 12.5. The molecule has 0 fully saturated rings. The van der Waals surface area contributed by atoms with E-state index in [0.717, 1.165) is 36.1 Å². The molecule has 0 unspecified atom stereocenters. The van der Waals surface area contributed by atoms with Gasteiger partial charge in [0, 0.05) is 11.3 Å². The van der Waals surface area contributed by atoms with Crippen molar-refractivity contribution in [3.63, 3.8) is 0 Å². The van der Waals surface area contributed by atoms with Gasteiger partial charge >= 0.3 is 5.97 Å². The van der Waals surface area contributed by atoms with Gasteiger partial charge in [0.2, 0.25) is 11.9 Å². The monoisotopic (exact) mass is 401 g/mol. The molecule has 10 nitrogen and oxygen atoms in total. The topological polar surface area (TPSA) is 163 Å². The molecule has 5 N–H and O–H groups in total. The number of carbonyl (C=O) groups is 1. The summed E-state index contributed by atoms with van der Waals surface area (Å²) in [6, 6.07) is 0. The van der Waals surface area contributed by atoms with Crippen LogP contribution in [0, 0.1) is 0 Å². The van der Waals surface area contributed by atoms with E-state index in [1.807, 2.05) is 0 Å². The van der Waals surface area contributed by atoms with Crippen molar-refractivity contribution >= 4 is 39.4 Å². The molecule has 3 aromatic heterocycles. The Labute approximate surface area is 163 Å². The van der Waals surface area contributed by atoms with Gasteiger partial charge in [0.25, 0.3) is 5.56 Å². The molecule has 0 spiro atoms. The predicted molar refractivity (Wildman–Crippen MR) is 104 cm³/mol. The number of aryl methyl sites for hydroxylation is 3. The number of carbonyl (C=O) groups excluding carboxylic acids is 1. The number of hydrogen-bond donors (Lipinski definition) is 3. The molecule has 0 atom stereocenters. The van der Waals surface area contributed by atoms with Crippen LogP contribution in [0.1, 0.15) is 41.4 Å². The predicted octanol–water partition coefficient (Wildman–Crippen LogP) is 0.889. The van der Waals surface area contributed by atoms with Crippen LogP contribution in [0.15, 0.2) is 4.79 Å². The highest BCUT2D eigenvalue weighted by Gasteiger charge is 2.20. The molecule has 0 bridgehead atoms. The minimum atomic E-state index is -0.467. The van der Waals surface area contributed by atoms with Gasteiger partial charge in [-0.05, 0) is 31.2 Å². The van der Waals surface area contributed by atoms with E-state index in [4.69, 9.17) is 16.2 Å². The number of hydrogen-bond acceptors (Lipinski definition) is 10. The molecule has 28 heavy (non-hydrogen) atoms. The largest absolute Gasteiger partial charge is 0.457 e. The van der Waals surface area contributed by atoms with Crippen LogP contribution in [0.25, 0.3) is 10.2 Å². The zero-order valence-electron chi connectivity index (χ0n) is 15.0. The lowest BCUT2D eigenvalue weighted by atomic mass is 9.97. The third-order valence-corrected chi connectivity index (χ3v) is 5.70. The lowest BCUT2D eigenvalue weighted by Gasteiger charge is -2.09. The first-order valence-electron chi connectivity index (χ1n) is 8.94. The van der Waals surface area contributed by atoms with Gasteiger partial charge in [-0.25, -0.2) is 4.98 Å². The number of nitrogens with zero attached hydrogens (tertiary/aromatic N) is 4. The Bertz CT molecular complexity index is 1090. The number of aromatic amines is 1. The quantitative estimate of drug-likeness (QED) is 0.527. The highest BCUT2D eigenvalue weighted by atomic mass is 32.1. The Morgan fingerprint density at radius 3 is 2.64 bits per heavy atom. The van der Waals surface area contributed by atoms with Crippen LogP contribution in [-0.4, -0.2) is 30.9 Å². The number of nitrogen functional groups attached to an aromatic ring is 2. The Morgan fingerprint density at radius 2 is 1.86 bits per heavy atom. The van der Waals surface area contributed by atoms with E-state index in [1.54, 1.807) is 11.3 Å². The fourth-order valence-corrected chi connectivity index (χ4v) is 4.57. The van der Waals surface area contributed by atoms with Crippen molar-refractivity contribution in [1.29, 1.82) is 0 Å². The maximum Gasteiger partial charge on any atom is 0.306 e. The first kappa shape index (κ1) is 18.3. The fraction of sp³-hybridized carbons (Fsp3) is 0.412. The van der Waals surface area contributed by atoms with Crippen molar-refractivity contribution in [2.75, 3.05) is 11.5 Å². The summed E-state index contributed by atoms with van der Waals surface area (Å²) in [7, 11) is 0. The van der Waals surface area contributed by atoms with Gasteiger partial charge in [-0.1, -0.05) is 0 Å². The molecule has 1 aliphatic carbocycles. The number of thiophene rings is 1. The molecule has 0 amide bonds. The van der Waals surface area contributed by atoms with Crippen molar-refractivity contribution in [2.24, 2.45) is 0 Å². The third-order valence-electron chi connectivity index (χ3n) is 4.52. The minimum Gasteiger partial charge on any atom is -0.457 e. The molecular weight excluding hydrogens is 382 g/mol. The van der Waals surface area contributed by atoms with Crippen molar-refractivity contribution in [3.05, 3.63) is 32.4 Å². The second-order valence-electron chi connectivity index (χ2n) is 6.53. The summed E-state index contributed by atoms with van der Waals surface area (Å²) in [4.78, 5) is 45.2. The standard InChI is InChI=1S/C17H19N7O3S/c18-16-22-11(23-17(19)24-16)7-27-12(25)6-5-10-20-14(26)13-8-3-1-2-4-9(8)28-15(13)21-10/h1-7H2,(H,20,21,26)(H4,18,19,22,23,24). The summed E-state index contributed by atoms with van der Waals surface area (Å²) in [6.07, 6.45) is 4.52. The highest BCUT2D eigenvalue weighted by molar-refractivity contribution is 7.18. The minimum absolute atomic E-state index is 0.0349. The second kappa shape index (κ2) is 7.50. The van der Waals surface area contributed by atoms with Gasteiger partial charge in [0.05, 0.1) is 11.8 Å². The lowest BCUT2D eigenvalue weighted by Crippen LogP contribution is -2.15. The van der Waals surface area contributed by atoms with Crippen LogP contribution >= 0.6 is 11.3 Å². The number of ether oxygens (including phenoxy) is 1. The first-order valence-corrected chi connectivity index (χ1v) is 9.76. The van der Waals surface area contributed by atoms with Gasteiger partial charge in [-0.2, -0.15) is 15.0 Å². The summed E-state index contributed by atoms with van der Waals surface area (Å²) in [5, 5.41) is 0.705. The normalized spacial score (nSPS) is 13.4. The van der Waals surface area contributed by atoms with Crippen LogP contribution in [-0.2, 0) is 35.4 Å². The van der Waals surface area contributed by atoms with Gasteiger partial charge in [-0.3, -0.25) is 9.59 Å². The summed E-state index contributed by atoms with van der Waals surface area (Å²) in [6.45, 7) is -0.156. The average molecular weight is 401 g/mol. The summed E-state index contributed by atoms with van der Waals surface area (Å²) < 4.78 is 5.12. The molecular formula is C17H19N7O3S. The molecule has 0 saturated heterocycles. The zero-order chi connectivity index (χ0) is 19.7. The van der Waals surface area contributed by atoms with E-state index in [-0.39, 0.29) is 42.7 Å². The molecule has 0 saturated carbocycles. The summed E-state index contributed by atoms with van der Waals surface area (Å²) in [5.41, 5.74) is 12.0. The third kappa shape index (κ3) is 3.79. The van der Waals surface area contributed by atoms with Gasteiger partial charge < -0.3 is 21.2 Å². The van der Waals surface area contributed by atoms with E-state index >= 15 is 0 Å². The molecule has 11 heteroatoms. The van der Waals surface area contributed by atoms with Crippen LogP contribution in [0.2, 0.25) is 0 Å². The van der Waals surface area contributed by atoms with Gasteiger partial charge in [0.15, 0.2) is 12.4 Å². The number of fused-ring (bicyclic) bond motifs is 3. The maximum atomic E-state index is 12.5. The van der Waals surface area contributed by atoms with Crippen LogP contribution < -0.4 is 17.0 Å². The molecule has 4 rings (SSSR count). The second-order valence-corrected chi connectivity index (χ2v) is 7.62.